The van der Waals surface area contributed by atoms with E-state index in [-0.39, 0.29) is 11.6 Å². The minimum Gasteiger partial charge on any atom is -0.376 e. The zero-order chi connectivity index (χ0) is 13.7. The van der Waals surface area contributed by atoms with Gasteiger partial charge in [-0.05, 0) is 30.4 Å². The monoisotopic (exact) mass is 262 g/mol. The van der Waals surface area contributed by atoms with Crippen molar-refractivity contribution in [1.29, 1.82) is 0 Å². The number of ether oxygens (including phenoxy) is 1. The second-order valence-electron chi connectivity index (χ2n) is 5.57. The Bertz CT molecular complexity index is 399. The van der Waals surface area contributed by atoms with Gasteiger partial charge in [-0.15, -0.1) is 0 Å². The lowest BCUT2D eigenvalue weighted by atomic mass is 9.86. The maximum absolute atomic E-state index is 5.86. The molecule has 0 bridgehead atoms. The Morgan fingerprint density at radius 1 is 1.37 bits per heavy atom. The van der Waals surface area contributed by atoms with Crippen molar-refractivity contribution in [2.75, 3.05) is 7.11 Å². The van der Waals surface area contributed by atoms with E-state index in [4.69, 9.17) is 10.6 Å². The second-order valence-corrected chi connectivity index (χ2v) is 5.57. The van der Waals surface area contributed by atoms with Gasteiger partial charge in [0.2, 0.25) is 0 Å². The summed E-state index contributed by atoms with van der Waals surface area (Å²) in [5, 5.41) is 0. The molecule has 0 radical (unpaired) electrons. The molecule has 3 nitrogen and oxygen atoms in total. The van der Waals surface area contributed by atoms with E-state index in [0.717, 1.165) is 19.3 Å². The Hall–Kier alpha value is -0.900. The molecular weight excluding hydrogens is 236 g/mol. The van der Waals surface area contributed by atoms with Gasteiger partial charge in [0.25, 0.3) is 0 Å². The summed E-state index contributed by atoms with van der Waals surface area (Å²) in [6.45, 7) is 2.21. The predicted octanol–water partition coefficient (Wildman–Crippen LogP) is 3.10. The highest BCUT2D eigenvalue weighted by molar-refractivity contribution is 5.28. The van der Waals surface area contributed by atoms with E-state index in [1.165, 1.54) is 30.4 Å². The highest BCUT2D eigenvalue weighted by Crippen LogP contribution is 2.42. The van der Waals surface area contributed by atoms with Crippen molar-refractivity contribution in [3.8, 4) is 0 Å². The van der Waals surface area contributed by atoms with E-state index in [9.17, 15) is 0 Å². The van der Waals surface area contributed by atoms with Gasteiger partial charge in [0.15, 0.2) is 0 Å². The molecule has 1 aromatic carbocycles. The van der Waals surface area contributed by atoms with E-state index in [1.54, 1.807) is 0 Å². The standard InChI is InChI=1S/C16H26N2O/c1-3-7-13-8-6-9-14(12-13)15(18-17)16(19-2)10-4-5-11-16/h6,8-9,12,15,18H,3-5,7,10-11,17H2,1-2H3. The van der Waals surface area contributed by atoms with Gasteiger partial charge < -0.3 is 4.74 Å². The first-order valence-electron chi connectivity index (χ1n) is 7.36. The number of aryl methyl sites for hydroxylation is 1. The number of hydrazine groups is 1. The van der Waals surface area contributed by atoms with Crippen LogP contribution in [0.4, 0.5) is 0 Å². The molecule has 0 aromatic heterocycles. The van der Waals surface area contributed by atoms with Crippen LogP contribution >= 0.6 is 0 Å². The number of nitrogens with one attached hydrogen (secondary N) is 1. The Kier molecular flexibility index (Phi) is 4.97. The minimum absolute atomic E-state index is 0.0804. The molecule has 0 aliphatic heterocycles. The Morgan fingerprint density at radius 2 is 2.11 bits per heavy atom. The molecule has 1 saturated carbocycles. The van der Waals surface area contributed by atoms with E-state index >= 15 is 0 Å². The third-order valence-electron chi connectivity index (χ3n) is 4.37. The lowest BCUT2D eigenvalue weighted by molar-refractivity contribution is -0.0368. The normalized spacial score (nSPS) is 19.5. The summed E-state index contributed by atoms with van der Waals surface area (Å²) in [6, 6.07) is 8.82. The van der Waals surface area contributed by atoms with Crippen molar-refractivity contribution < 1.29 is 4.74 Å². The summed E-state index contributed by atoms with van der Waals surface area (Å²) in [6.07, 6.45) is 6.89. The van der Waals surface area contributed by atoms with Crippen molar-refractivity contribution in [3.63, 3.8) is 0 Å². The molecule has 19 heavy (non-hydrogen) atoms. The van der Waals surface area contributed by atoms with Crippen molar-refractivity contribution in [2.24, 2.45) is 5.84 Å². The molecule has 1 aliphatic carbocycles. The quantitative estimate of drug-likeness (QED) is 0.612. The number of hydrogen-bond donors (Lipinski definition) is 2. The highest BCUT2D eigenvalue weighted by atomic mass is 16.5. The van der Waals surface area contributed by atoms with Crippen molar-refractivity contribution in [2.45, 2.75) is 57.1 Å². The molecule has 1 aliphatic rings. The fraction of sp³-hybridized carbons (Fsp3) is 0.625. The largest absolute Gasteiger partial charge is 0.376 e. The SMILES string of the molecule is CCCc1cccc(C(NN)C2(OC)CCCC2)c1. The van der Waals surface area contributed by atoms with Crippen LogP contribution in [0.5, 0.6) is 0 Å². The summed E-state index contributed by atoms with van der Waals surface area (Å²) in [5.41, 5.74) is 5.48. The lowest BCUT2D eigenvalue weighted by Gasteiger charge is -2.36. The Morgan fingerprint density at radius 3 is 2.68 bits per heavy atom. The molecule has 3 heteroatoms. The molecule has 0 amide bonds. The summed E-state index contributed by atoms with van der Waals surface area (Å²) >= 11 is 0. The van der Waals surface area contributed by atoms with Gasteiger partial charge in [0.05, 0.1) is 11.6 Å². The van der Waals surface area contributed by atoms with Crippen LogP contribution in [0.15, 0.2) is 24.3 Å². The van der Waals surface area contributed by atoms with E-state index in [2.05, 4.69) is 36.6 Å². The fourth-order valence-corrected chi connectivity index (χ4v) is 3.35. The Balaban J connectivity index is 2.27. The molecule has 1 unspecified atom stereocenters. The van der Waals surface area contributed by atoms with E-state index < -0.39 is 0 Å². The number of rotatable bonds is 6. The van der Waals surface area contributed by atoms with Gasteiger partial charge in [0, 0.05) is 7.11 Å². The third kappa shape index (κ3) is 2.99. The topological polar surface area (TPSA) is 47.3 Å². The average molecular weight is 262 g/mol. The molecule has 0 saturated heterocycles. The summed E-state index contributed by atoms with van der Waals surface area (Å²) in [5.74, 6) is 5.84. The predicted molar refractivity (Wildman–Crippen MR) is 78.7 cm³/mol. The number of methoxy groups -OCH3 is 1. The molecule has 0 heterocycles. The maximum atomic E-state index is 5.86. The first-order valence-corrected chi connectivity index (χ1v) is 7.36. The Labute approximate surface area is 116 Å². The first-order chi connectivity index (χ1) is 9.25. The van der Waals surface area contributed by atoms with Gasteiger partial charge in [-0.1, -0.05) is 50.5 Å². The first kappa shape index (κ1) is 14.5. The molecule has 1 fully saturated rings. The zero-order valence-corrected chi connectivity index (χ0v) is 12.1. The number of hydrogen-bond acceptors (Lipinski definition) is 3. The van der Waals surface area contributed by atoms with Gasteiger partial charge in [-0.3, -0.25) is 11.3 Å². The van der Waals surface area contributed by atoms with Gasteiger partial charge >= 0.3 is 0 Å². The average Bonchev–Trinajstić information content (AvgIpc) is 2.90. The molecule has 106 valence electrons. The van der Waals surface area contributed by atoms with Crippen LogP contribution in [0, 0.1) is 0 Å². The van der Waals surface area contributed by atoms with Crippen LogP contribution in [-0.4, -0.2) is 12.7 Å². The molecule has 2 rings (SSSR count). The van der Waals surface area contributed by atoms with Crippen LogP contribution in [0.1, 0.15) is 56.2 Å². The molecule has 1 aromatic rings. The molecule has 3 N–H and O–H groups in total. The van der Waals surface area contributed by atoms with Gasteiger partial charge in [0.1, 0.15) is 0 Å². The van der Waals surface area contributed by atoms with E-state index in [1.807, 2.05) is 7.11 Å². The van der Waals surface area contributed by atoms with Crippen molar-refractivity contribution in [1.82, 2.24) is 5.43 Å². The van der Waals surface area contributed by atoms with E-state index in [0.29, 0.717) is 0 Å². The summed E-state index contributed by atoms with van der Waals surface area (Å²) in [7, 11) is 1.81. The zero-order valence-electron chi connectivity index (χ0n) is 12.1. The third-order valence-corrected chi connectivity index (χ3v) is 4.37. The van der Waals surface area contributed by atoms with Crippen LogP contribution in [-0.2, 0) is 11.2 Å². The molecule has 1 atom stereocenters. The second kappa shape index (κ2) is 6.51. The molecular formula is C16H26N2O. The minimum atomic E-state index is -0.139. The van der Waals surface area contributed by atoms with Crippen LogP contribution in [0.25, 0.3) is 0 Å². The number of benzene rings is 1. The van der Waals surface area contributed by atoms with Gasteiger partial charge in [-0.25, -0.2) is 0 Å². The maximum Gasteiger partial charge on any atom is 0.0885 e. The van der Waals surface area contributed by atoms with Crippen molar-refractivity contribution in [3.05, 3.63) is 35.4 Å². The molecule has 0 spiro atoms. The highest BCUT2D eigenvalue weighted by Gasteiger charge is 2.42. The van der Waals surface area contributed by atoms with Crippen LogP contribution in [0.3, 0.4) is 0 Å². The van der Waals surface area contributed by atoms with Gasteiger partial charge in [-0.2, -0.15) is 0 Å². The number of nitrogens with two attached hydrogens (primary N) is 1. The lowest BCUT2D eigenvalue weighted by Crippen LogP contribution is -2.46. The van der Waals surface area contributed by atoms with Crippen molar-refractivity contribution >= 4 is 0 Å². The summed E-state index contributed by atoms with van der Waals surface area (Å²) in [4.78, 5) is 0. The summed E-state index contributed by atoms with van der Waals surface area (Å²) < 4.78 is 5.86. The van der Waals surface area contributed by atoms with Crippen LogP contribution < -0.4 is 11.3 Å². The fourth-order valence-electron chi connectivity index (χ4n) is 3.35. The smallest absolute Gasteiger partial charge is 0.0885 e. The van der Waals surface area contributed by atoms with Crippen LogP contribution in [0.2, 0.25) is 0 Å².